The molecule has 0 spiro atoms. The number of carbonyl (C=O) groups excluding carboxylic acids is 3. The van der Waals surface area contributed by atoms with E-state index in [2.05, 4.69) is 5.32 Å². The highest BCUT2D eigenvalue weighted by atomic mass is 16.5. The van der Waals surface area contributed by atoms with Crippen molar-refractivity contribution in [2.45, 2.75) is 13.0 Å². The SMILES string of the molecule is C[C@H](Oc1ccc2ccccc2c1C=O)C(=O)Nc1ccc(C(N)=O)cc1. The van der Waals surface area contributed by atoms with Crippen molar-refractivity contribution in [3.63, 3.8) is 0 Å². The first-order valence-corrected chi connectivity index (χ1v) is 8.34. The fraction of sp³-hybridized carbons (Fsp3) is 0.0952. The summed E-state index contributed by atoms with van der Waals surface area (Å²) in [6, 6.07) is 17.2. The van der Waals surface area contributed by atoms with E-state index in [1.165, 1.54) is 12.1 Å². The minimum atomic E-state index is -0.833. The number of hydrogen-bond donors (Lipinski definition) is 2. The molecule has 136 valence electrons. The number of aldehydes is 1. The molecule has 6 nitrogen and oxygen atoms in total. The van der Waals surface area contributed by atoms with Gasteiger partial charge in [0.1, 0.15) is 5.75 Å². The number of ether oxygens (including phenoxy) is 1. The zero-order valence-electron chi connectivity index (χ0n) is 14.6. The Kier molecular flexibility index (Phi) is 5.17. The smallest absolute Gasteiger partial charge is 0.265 e. The van der Waals surface area contributed by atoms with Gasteiger partial charge in [-0.1, -0.05) is 30.3 Å². The van der Waals surface area contributed by atoms with Crippen LogP contribution in [0.2, 0.25) is 0 Å². The second-order valence-electron chi connectivity index (χ2n) is 6.01. The monoisotopic (exact) mass is 362 g/mol. The maximum absolute atomic E-state index is 12.4. The average molecular weight is 362 g/mol. The maximum atomic E-state index is 12.4. The first-order chi connectivity index (χ1) is 13.0. The first-order valence-electron chi connectivity index (χ1n) is 8.34. The summed E-state index contributed by atoms with van der Waals surface area (Å²) in [5.74, 6) is -0.579. The molecule has 0 aliphatic carbocycles. The van der Waals surface area contributed by atoms with Crippen LogP contribution in [0.4, 0.5) is 5.69 Å². The van der Waals surface area contributed by atoms with Crippen LogP contribution in [0.5, 0.6) is 5.75 Å². The van der Waals surface area contributed by atoms with Crippen LogP contribution in [-0.2, 0) is 4.79 Å². The van der Waals surface area contributed by atoms with Crippen LogP contribution >= 0.6 is 0 Å². The molecule has 3 aromatic carbocycles. The Balaban J connectivity index is 1.75. The lowest BCUT2D eigenvalue weighted by Crippen LogP contribution is -2.30. The molecule has 2 amide bonds. The second kappa shape index (κ2) is 7.70. The van der Waals surface area contributed by atoms with Crippen molar-refractivity contribution >= 4 is 34.6 Å². The summed E-state index contributed by atoms with van der Waals surface area (Å²) >= 11 is 0. The van der Waals surface area contributed by atoms with Gasteiger partial charge in [-0.05, 0) is 48.0 Å². The summed E-state index contributed by atoms with van der Waals surface area (Å²) in [5, 5.41) is 4.38. The Bertz CT molecular complexity index is 1010. The lowest BCUT2D eigenvalue weighted by atomic mass is 10.0. The molecular weight excluding hydrogens is 344 g/mol. The van der Waals surface area contributed by atoms with E-state index >= 15 is 0 Å². The largest absolute Gasteiger partial charge is 0.480 e. The molecule has 0 aliphatic rings. The molecule has 3 rings (SSSR count). The molecule has 3 aromatic rings. The third kappa shape index (κ3) is 3.95. The van der Waals surface area contributed by atoms with E-state index in [-0.39, 0.29) is 5.91 Å². The predicted molar refractivity (Wildman–Crippen MR) is 103 cm³/mol. The molecule has 0 saturated carbocycles. The van der Waals surface area contributed by atoms with Crippen molar-refractivity contribution in [3.05, 3.63) is 71.8 Å². The normalized spacial score (nSPS) is 11.6. The summed E-state index contributed by atoms with van der Waals surface area (Å²) in [5.41, 5.74) is 6.45. The number of fused-ring (bicyclic) bond motifs is 1. The molecule has 0 saturated heterocycles. The van der Waals surface area contributed by atoms with Gasteiger partial charge in [-0.25, -0.2) is 0 Å². The molecule has 3 N–H and O–H groups in total. The maximum Gasteiger partial charge on any atom is 0.265 e. The van der Waals surface area contributed by atoms with Gasteiger partial charge in [0.05, 0.1) is 5.56 Å². The van der Waals surface area contributed by atoms with Crippen molar-refractivity contribution < 1.29 is 19.1 Å². The fourth-order valence-electron chi connectivity index (χ4n) is 2.71. The quantitative estimate of drug-likeness (QED) is 0.658. The Morgan fingerprint density at radius 3 is 2.41 bits per heavy atom. The third-order valence-corrected chi connectivity index (χ3v) is 4.16. The Morgan fingerprint density at radius 1 is 1.04 bits per heavy atom. The van der Waals surface area contributed by atoms with Crippen LogP contribution in [0.3, 0.4) is 0 Å². The minimum Gasteiger partial charge on any atom is -0.480 e. The van der Waals surface area contributed by atoms with E-state index in [1.807, 2.05) is 30.3 Å². The molecule has 0 aromatic heterocycles. The molecule has 0 fully saturated rings. The number of nitrogens with one attached hydrogen (secondary N) is 1. The molecule has 0 bridgehead atoms. The van der Waals surface area contributed by atoms with Gasteiger partial charge in [0.25, 0.3) is 5.91 Å². The number of primary amides is 1. The molecule has 1 atom stereocenters. The predicted octanol–water partition coefficient (Wildman–Crippen LogP) is 3.16. The Hall–Kier alpha value is -3.67. The van der Waals surface area contributed by atoms with E-state index in [0.717, 1.165) is 17.1 Å². The number of hydrogen-bond acceptors (Lipinski definition) is 4. The number of benzene rings is 3. The standard InChI is InChI=1S/C21H18N2O4/c1-13(21(26)23-16-9-6-15(7-10-16)20(22)25)27-19-11-8-14-4-2-3-5-17(14)18(19)12-24/h2-13H,1H3,(H2,22,25)(H,23,26)/t13-/m0/s1. The van der Waals surface area contributed by atoms with Crippen molar-refractivity contribution in [2.24, 2.45) is 5.73 Å². The highest BCUT2D eigenvalue weighted by Crippen LogP contribution is 2.27. The van der Waals surface area contributed by atoms with E-state index < -0.39 is 12.0 Å². The summed E-state index contributed by atoms with van der Waals surface area (Å²) in [4.78, 5) is 35.0. The number of nitrogens with two attached hydrogens (primary N) is 1. The van der Waals surface area contributed by atoms with E-state index in [9.17, 15) is 14.4 Å². The van der Waals surface area contributed by atoms with Gasteiger partial charge in [0.2, 0.25) is 5.91 Å². The van der Waals surface area contributed by atoms with Crippen LogP contribution < -0.4 is 15.8 Å². The second-order valence-corrected chi connectivity index (χ2v) is 6.01. The van der Waals surface area contributed by atoms with Gasteiger partial charge in [-0.15, -0.1) is 0 Å². The average Bonchev–Trinajstić information content (AvgIpc) is 2.68. The van der Waals surface area contributed by atoms with Crippen molar-refractivity contribution in [2.75, 3.05) is 5.32 Å². The zero-order chi connectivity index (χ0) is 19.4. The number of rotatable bonds is 6. The highest BCUT2D eigenvalue weighted by Gasteiger charge is 2.18. The Labute approximate surface area is 155 Å². The summed E-state index contributed by atoms with van der Waals surface area (Å²) < 4.78 is 5.72. The summed E-state index contributed by atoms with van der Waals surface area (Å²) in [6.45, 7) is 1.59. The Morgan fingerprint density at radius 2 is 1.74 bits per heavy atom. The van der Waals surface area contributed by atoms with Gasteiger partial charge < -0.3 is 15.8 Å². The minimum absolute atomic E-state index is 0.343. The molecule has 6 heteroatoms. The van der Waals surface area contributed by atoms with Gasteiger partial charge >= 0.3 is 0 Å². The van der Waals surface area contributed by atoms with Crippen LogP contribution in [0.25, 0.3) is 10.8 Å². The molecule has 0 heterocycles. The summed E-state index contributed by atoms with van der Waals surface area (Å²) in [6.07, 6.45) is -0.106. The van der Waals surface area contributed by atoms with Crippen molar-refractivity contribution in [1.82, 2.24) is 0 Å². The lowest BCUT2D eigenvalue weighted by molar-refractivity contribution is -0.122. The van der Waals surface area contributed by atoms with Crippen molar-refractivity contribution in [1.29, 1.82) is 0 Å². The van der Waals surface area contributed by atoms with Gasteiger partial charge in [0, 0.05) is 11.3 Å². The van der Waals surface area contributed by atoms with Gasteiger partial charge in [0.15, 0.2) is 12.4 Å². The molecular formula is C21H18N2O4. The third-order valence-electron chi connectivity index (χ3n) is 4.16. The fourth-order valence-corrected chi connectivity index (χ4v) is 2.71. The topological polar surface area (TPSA) is 98.5 Å². The highest BCUT2D eigenvalue weighted by molar-refractivity contribution is 6.01. The molecule has 0 aliphatic heterocycles. The molecule has 27 heavy (non-hydrogen) atoms. The molecule has 0 unspecified atom stereocenters. The van der Waals surface area contributed by atoms with Crippen LogP contribution in [0, 0.1) is 0 Å². The van der Waals surface area contributed by atoms with E-state index in [1.54, 1.807) is 25.1 Å². The van der Waals surface area contributed by atoms with Crippen LogP contribution in [0.1, 0.15) is 27.6 Å². The number of anilines is 1. The van der Waals surface area contributed by atoms with Gasteiger partial charge in [-0.2, -0.15) is 0 Å². The van der Waals surface area contributed by atoms with Crippen LogP contribution in [0.15, 0.2) is 60.7 Å². The van der Waals surface area contributed by atoms with E-state index in [0.29, 0.717) is 22.6 Å². The lowest BCUT2D eigenvalue weighted by Gasteiger charge is -2.17. The zero-order valence-corrected chi connectivity index (χ0v) is 14.6. The molecule has 0 radical (unpaired) electrons. The van der Waals surface area contributed by atoms with Crippen LogP contribution in [-0.4, -0.2) is 24.2 Å². The summed E-state index contributed by atoms with van der Waals surface area (Å²) in [7, 11) is 0. The van der Waals surface area contributed by atoms with Gasteiger partial charge in [-0.3, -0.25) is 14.4 Å². The van der Waals surface area contributed by atoms with E-state index in [4.69, 9.17) is 10.5 Å². The first kappa shape index (κ1) is 18.1. The number of carbonyl (C=O) groups is 3. The van der Waals surface area contributed by atoms with Crippen molar-refractivity contribution in [3.8, 4) is 5.75 Å². The number of amides is 2.